The number of hydrogen-bond donors (Lipinski definition) is 1. The number of carbonyl (C=O) groups is 1. The van der Waals surface area contributed by atoms with Gasteiger partial charge in [-0.2, -0.15) is 0 Å². The van der Waals surface area contributed by atoms with Crippen molar-refractivity contribution >= 4 is 15.6 Å². The molecule has 0 amide bonds. The van der Waals surface area contributed by atoms with Crippen LogP contribution in [-0.2, 0) is 14.6 Å². The third kappa shape index (κ3) is 1.43. The van der Waals surface area contributed by atoms with Gasteiger partial charge in [0, 0.05) is 0 Å². The molecule has 1 aromatic rings. The molecule has 1 aromatic carbocycles. The van der Waals surface area contributed by atoms with Crippen molar-refractivity contribution in [2.24, 2.45) is 0 Å². The van der Waals surface area contributed by atoms with Gasteiger partial charge in [0.1, 0.15) is 10.5 Å². The lowest BCUT2D eigenvalue weighted by Gasteiger charge is -2.12. The van der Waals surface area contributed by atoms with Crippen LogP contribution in [0.2, 0.25) is 0 Å². The molecule has 0 radical (unpaired) electrons. The Morgan fingerprint density at radius 1 is 1.25 bits per heavy atom. The minimum atomic E-state index is -3.60. The Hall–Kier alpha value is -1.36. The molecule has 16 heavy (non-hydrogen) atoms. The van der Waals surface area contributed by atoms with Crippen LogP contribution in [0.15, 0.2) is 29.2 Å². The molecule has 0 atom stereocenters. The van der Waals surface area contributed by atoms with E-state index in [2.05, 4.69) is 0 Å². The van der Waals surface area contributed by atoms with Gasteiger partial charge in [-0.3, -0.25) is 4.79 Å². The van der Waals surface area contributed by atoms with Gasteiger partial charge in [0.05, 0.1) is 4.90 Å². The lowest BCUT2D eigenvalue weighted by Crippen LogP contribution is -2.30. The highest BCUT2D eigenvalue weighted by Gasteiger charge is 2.58. The molecule has 0 saturated heterocycles. The van der Waals surface area contributed by atoms with Crippen LogP contribution < -0.4 is 0 Å². The van der Waals surface area contributed by atoms with Crippen molar-refractivity contribution in [1.82, 2.24) is 0 Å². The summed E-state index contributed by atoms with van der Waals surface area (Å²) in [6.45, 7) is 1.31. The lowest BCUT2D eigenvalue weighted by molar-refractivity contribution is -0.117. The average molecular weight is 240 g/mol. The van der Waals surface area contributed by atoms with Crippen molar-refractivity contribution in [1.29, 1.82) is 0 Å². The highest BCUT2D eigenvalue weighted by Crippen LogP contribution is 2.47. The maximum Gasteiger partial charge on any atom is 0.191 e. The second-order valence-electron chi connectivity index (χ2n) is 4.05. The van der Waals surface area contributed by atoms with Gasteiger partial charge in [0.2, 0.25) is 0 Å². The molecule has 0 aromatic heterocycles. The van der Waals surface area contributed by atoms with Crippen molar-refractivity contribution in [3.63, 3.8) is 0 Å². The van der Waals surface area contributed by atoms with Crippen molar-refractivity contribution < 1.29 is 18.3 Å². The summed E-state index contributed by atoms with van der Waals surface area (Å²) in [4.78, 5) is 11.5. The van der Waals surface area contributed by atoms with E-state index in [0.717, 1.165) is 0 Å². The van der Waals surface area contributed by atoms with Crippen molar-refractivity contribution in [3.8, 4) is 5.75 Å². The van der Waals surface area contributed by atoms with Crippen LogP contribution in [0.5, 0.6) is 5.75 Å². The second-order valence-corrected chi connectivity index (χ2v) is 6.31. The number of carbonyl (C=O) groups excluding carboxylic acids is 1. The Balaban J connectivity index is 2.48. The molecule has 1 saturated carbocycles. The first-order valence-corrected chi connectivity index (χ1v) is 6.43. The van der Waals surface area contributed by atoms with Gasteiger partial charge in [0.25, 0.3) is 0 Å². The molecule has 0 heterocycles. The quantitative estimate of drug-likeness (QED) is 0.864. The van der Waals surface area contributed by atoms with Crippen LogP contribution in [0.1, 0.15) is 19.8 Å². The van der Waals surface area contributed by atoms with Crippen LogP contribution in [0, 0.1) is 0 Å². The van der Waals surface area contributed by atoms with Crippen molar-refractivity contribution in [2.45, 2.75) is 29.4 Å². The summed E-state index contributed by atoms with van der Waals surface area (Å²) in [5.41, 5.74) is 0. The molecule has 0 unspecified atom stereocenters. The number of Topliss-reactive ketones (excluding diaryl/α,β-unsaturated/α-hetero) is 1. The minimum absolute atomic E-state index is 0.00613. The van der Waals surface area contributed by atoms with Gasteiger partial charge in [-0.25, -0.2) is 8.42 Å². The van der Waals surface area contributed by atoms with E-state index in [1.807, 2.05) is 0 Å². The fourth-order valence-electron chi connectivity index (χ4n) is 1.77. The van der Waals surface area contributed by atoms with E-state index in [1.54, 1.807) is 0 Å². The van der Waals surface area contributed by atoms with Crippen molar-refractivity contribution in [2.75, 3.05) is 0 Å². The van der Waals surface area contributed by atoms with E-state index >= 15 is 0 Å². The first-order chi connectivity index (χ1) is 7.40. The third-order valence-electron chi connectivity index (χ3n) is 3.01. The van der Waals surface area contributed by atoms with E-state index in [4.69, 9.17) is 5.11 Å². The Labute approximate surface area is 93.8 Å². The van der Waals surface area contributed by atoms with E-state index in [0.29, 0.717) is 12.8 Å². The zero-order chi connectivity index (χ0) is 12.0. The minimum Gasteiger partial charge on any atom is -0.508 e. The molecule has 5 heteroatoms. The van der Waals surface area contributed by atoms with Crippen LogP contribution in [0.3, 0.4) is 0 Å². The monoisotopic (exact) mass is 240 g/mol. The molecular weight excluding hydrogens is 228 g/mol. The number of aromatic hydroxyl groups is 1. The summed E-state index contributed by atoms with van der Waals surface area (Å²) in [6.07, 6.45) is 0.789. The molecule has 0 spiro atoms. The molecule has 86 valence electrons. The number of hydrogen-bond acceptors (Lipinski definition) is 4. The predicted octanol–water partition coefficient (Wildman–Crippen LogP) is 1.29. The smallest absolute Gasteiger partial charge is 0.191 e. The van der Waals surface area contributed by atoms with Gasteiger partial charge in [-0.05, 0) is 44.0 Å². The SMILES string of the molecule is CC(=O)C1(S(=O)(=O)c2ccc(O)cc2)CC1. The lowest BCUT2D eigenvalue weighted by atomic mass is 10.3. The number of sulfone groups is 1. The fraction of sp³-hybridized carbons (Fsp3) is 0.364. The zero-order valence-electron chi connectivity index (χ0n) is 8.80. The standard InChI is InChI=1S/C11H12O4S/c1-8(12)11(6-7-11)16(14,15)10-4-2-9(13)3-5-10/h2-5,13H,6-7H2,1H3. The Morgan fingerprint density at radius 3 is 2.12 bits per heavy atom. The number of phenolic OH excluding ortho intramolecular Hbond substituents is 1. The molecule has 1 N–H and O–H groups in total. The van der Waals surface area contributed by atoms with Gasteiger partial charge >= 0.3 is 0 Å². The third-order valence-corrected chi connectivity index (χ3v) is 5.62. The number of ketones is 1. The highest BCUT2D eigenvalue weighted by atomic mass is 32.2. The number of benzene rings is 1. The normalized spacial score (nSPS) is 18.1. The van der Waals surface area contributed by atoms with E-state index in [1.165, 1.54) is 31.2 Å². The Morgan fingerprint density at radius 2 is 1.75 bits per heavy atom. The van der Waals surface area contributed by atoms with E-state index in [9.17, 15) is 13.2 Å². The summed E-state index contributed by atoms with van der Waals surface area (Å²) in [5, 5.41) is 9.09. The Bertz CT molecular complexity index is 524. The van der Waals surface area contributed by atoms with Crippen LogP contribution in [0.25, 0.3) is 0 Å². The molecule has 4 nitrogen and oxygen atoms in total. The highest BCUT2D eigenvalue weighted by molar-refractivity contribution is 7.94. The molecule has 1 fully saturated rings. The van der Waals surface area contributed by atoms with Gasteiger partial charge in [0.15, 0.2) is 15.6 Å². The maximum absolute atomic E-state index is 12.2. The van der Waals surface area contributed by atoms with Gasteiger partial charge in [-0.1, -0.05) is 0 Å². The first kappa shape index (κ1) is 11.1. The summed E-state index contributed by atoms with van der Waals surface area (Å²) in [6, 6.07) is 5.27. The predicted molar refractivity (Wildman–Crippen MR) is 57.9 cm³/mol. The summed E-state index contributed by atoms with van der Waals surface area (Å²) < 4.78 is 23.1. The second kappa shape index (κ2) is 3.31. The molecule has 2 rings (SSSR count). The van der Waals surface area contributed by atoms with Crippen LogP contribution in [-0.4, -0.2) is 24.1 Å². The summed E-state index contributed by atoms with van der Waals surface area (Å²) in [5.74, 6) is -0.299. The maximum atomic E-state index is 12.2. The van der Waals surface area contributed by atoms with Gasteiger partial charge < -0.3 is 5.11 Å². The molecule has 0 bridgehead atoms. The van der Waals surface area contributed by atoms with E-state index in [-0.39, 0.29) is 16.4 Å². The molecule has 1 aliphatic carbocycles. The first-order valence-electron chi connectivity index (χ1n) is 4.95. The zero-order valence-corrected chi connectivity index (χ0v) is 9.62. The van der Waals surface area contributed by atoms with Gasteiger partial charge in [-0.15, -0.1) is 0 Å². The van der Waals surface area contributed by atoms with Crippen molar-refractivity contribution in [3.05, 3.63) is 24.3 Å². The van der Waals surface area contributed by atoms with E-state index < -0.39 is 14.6 Å². The largest absolute Gasteiger partial charge is 0.508 e. The molecule has 1 aliphatic rings. The molecular formula is C11H12O4S. The fourth-order valence-corrected chi connectivity index (χ4v) is 3.74. The topological polar surface area (TPSA) is 71.4 Å². The number of rotatable bonds is 3. The van der Waals surface area contributed by atoms with Crippen LogP contribution >= 0.6 is 0 Å². The molecule has 0 aliphatic heterocycles. The Kier molecular flexibility index (Phi) is 2.31. The average Bonchev–Trinajstić information content (AvgIpc) is 2.98. The van der Waals surface area contributed by atoms with Crippen LogP contribution in [0.4, 0.5) is 0 Å². The summed E-state index contributed by atoms with van der Waals surface area (Å²) >= 11 is 0. The number of phenols is 1. The summed E-state index contributed by atoms with van der Waals surface area (Å²) in [7, 11) is -3.60.